The number of nitrogens with one attached hydrogen (secondary N) is 1. The second-order valence-electron chi connectivity index (χ2n) is 10.8. The summed E-state index contributed by atoms with van der Waals surface area (Å²) in [4.78, 5) is 18.9. The van der Waals surface area contributed by atoms with E-state index in [1.165, 1.54) is 56.9 Å². The molecule has 2 aromatic heterocycles. The summed E-state index contributed by atoms with van der Waals surface area (Å²) in [6.45, 7) is 4.97. The molecule has 0 aliphatic heterocycles. The largest absolute Gasteiger partial charge is 0.322 e. The minimum absolute atomic E-state index is 0.0179. The van der Waals surface area contributed by atoms with Crippen LogP contribution < -0.4 is 5.56 Å². The van der Waals surface area contributed by atoms with E-state index in [0.29, 0.717) is 18.6 Å². The average molecular weight is 477 g/mol. The third kappa shape index (κ3) is 5.35. The minimum atomic E-state index is 0.0179. The predicted octanol–water partition coefficient (Wildman–Crippen LogP) is 6.00. The highest BCUT2D eigenvalue weighted by atomic mass is 16.1. The van der Waals surface area contributed by atoms with Crippen LogP contribution in [0.15, 0.2) is 29.1 Å². The molecule has 7 heteroatoms. The van der Waals surface area contributed by atoms with Crippen LogP contribution in [-0.4, -0.2) is 36.1 Å². The molecule has 7 nitrogen and oxygen atoms in total. The van der Waals surface area contributed by atoms with Gasteiger partial charge in [0.1, 0.15) is 0 Å². The Morgan fingerprint density at radius 1 is 1.06 bits per heavy atom. The maximum Gasteiger partial charge on any atom is 0.252 e. The first kappa shape index (κ1) is 24.2. The van der Waals surface area contributed by atoms with Crippen LogP contribution in [0, 0.1) is 6.92 Å². The van der Waals surface area contributed by atoms with Crippen LogP contribution >= 0.6 is 0 Å². The van der Waals surface area contributed by atoms with E-state index in [1.807, 2.05) is 6.07 Å². The summed E-state index contributed by atoms with van der Waals surface area (Å²) >= 11 is 0. The van der Waals surface area contributed by atoms with Gasteiger partial charge in [-0.2, -0.15) is 0 Å². The highest BCUT2D eigenvalue weighted by molar-refractivity contribution is 5.79. The molecule has 5 rings (SSSR count). The van der Waals surface area contributed by atoms with Crippen molar-refractivity contribution in [2.24, 2.45) is 0 Å². The topological polar surface area (TPSA) is 79.7 Å². The number of hydrogen-bond donors (Lipinski definition) is 1. The van der Waals surface area contributed by atoms with E-state index < -0.39 is 0 Å². The van der Waals surface area contributed by atoms with E-state index in [4.69, 9.17) is 0 Å². The molecule has 2 saturated carbocycles. The van der Waals surface area contributed by atoms with Crippen LogP contribution in [0.4, 0.5) is 0 Å². The van der Waals surface area contributed by atoms with Gasteiger partial charge in [-0.1, -0.05) is 63.5 Å². The number of rotatable bonds is 8. The van der Waals surface area contributed by atoms with Crippen molar-refractivity contribution >= 4 is 10.9 Å². The first-order valence-corrected chi connectivity index (χ1v) is 13.8. The van der Waals surface area contributed by atoms with Gasteiger partial charge in [0.15, 0.2) is 5.82 Å². The number of fused-ring (bicyclic) bond motifs is 1. The number of aromatic nitrogens is 5. The van der Waals surface area contributed by atoms with Crippen LogP contribution in [-0.2, 0) is 6.54 Å². The summed E-state index contributed by atoms with van der Waals surface area (Å²) in [6, 6.07) is 9.28. The Kier molecular flexibility index (Phi) is 7.61. The minimum Gasteiger partial charge on any atom is -0.322 e. The monoisotopic (exact) mass is 476 g/mol. The van der Waals surface area contributed by atoms with Crippen LogP contribution in [0.2, 0.25) is 0 Å². The van der Waals surface area contributed by atoms with Crippen molar-refractivity contribution in [2.45, 2.75) is 116 Å². The van der Waals surface area contributed by atoms with E-state index in [9.17, 15) is 4.79 Å². The first-order chi connectivity index (χ1) is 17.1. The standard InChI is InChI=1S/C28H40N6O/c1-3-10-26(27-30-31-32-34(27)24-13-8-5-9-14-24)33(23-11-6-4-7-12-23)19-22-18-21-17-20(2)15-16-25(21)29-28(22)35/h15-18,23-24,26H,3-14,19H2,1-2H3,(H,29,35). The molecular weight excluding hydrogens is 436 g/mol. The Hall–Kier alpha value is -2.54. The maximum absolute atomic E-state index is 13.2. The number of tetrazole rings is 1. The van der Waals surface area contributed by atoms with Gasteiger partial charge >= 0.3 is 0 Å². The molecule has 35 heavy (non-hydrogen) atoms. The fraction of sp³-hybridized carbons (Fsp3) is 0.643. The lowest BCUT2D eigenvalue weighted by Gasteiger charge is -2.40. The summed E-state index contributed by atoms with van der Waals surface area (Å²) < 4.78 is 2.14. The summed E-state index contributed by atoms with van der Waals surface area (Å²) in [7, 11) is 0. The zero-order valence-electron chi connectivity index (χ0n) is 21.4. The number of hydrogen-bond acceptors (Lipinski definition) is 5. The fourth-order valence-electron chi connectivity index (χ4n) is 6.31. The molecule has 1 N–H and O–H groups in total. The molecule has 2 aliphatic rings. The van der Waals surface area contributed by atoms with E-state index >= 15 is 0 Å². The van der Waals surface area contributed by atoms with Gasteiger partial charge in [-0.25, -0.2) is 4.68 Å². The molecule has 1 aromatic carbocycles. The summed E-state index contributed by atoms with van der Waals surface area (Å²) in [5.74, 6) is 0.998. The van der Waals surface area contributed by atoms with Crippen LogP contribution in [0.25, 0.3) is 10.9 Å². The Morgan fingerprint density at radius 2 is 1.80 bits per heavy atom. The average Bonchev–Trinajstić information content (AvgIpc) is 3.37. The van der Waals surface area contributed by atoms with E-state index in [2.05, 4.69) is 62.1 Å². The van der Waals surface area contributed by atoms with Crippen LogP contribution in [0.3, 0.4) is 0 Å². The van der Waals surface area contributed by atoms with Gasteiger partial charge in [0, 0.05) is 23.7 Å². The van der Waals surface area contributed by atoms with Gasteiger partial charge in [-0.15, -0.1) is 5.10 Å². The molecule has 3 aromatic rings. The molecule has 0 saturated heterocycles. The van der Waals surface area contributed by atoms with E-state index in [0.717, 1.165) is 48.0 Å². The fourth-order valence-corrected chi connectivity index (χ4v) is 6.31. The van der Waals surface area contributed by atoms with Crippen molar-refractivity contribution in [2.75, 3.05) is 0 Å². The molecule has 0 bridgehead atoms. The molecule has 0 radical (unpaired) electrons. The molecule has 2 heterocycles. The molecule has 0 spiro atoms. The van der Waals surface area contributed by atoms with Gasteiger partial charge in [0.25, 0.3) is 5.56 Å². The predicted molar refractivity (Wildman–Crippen MR) is 139 cm³/mol. The lowest BCUT2D eigenvalue weighted by atomic mass is 9.91. The van der Waals surface area contributed by atoms with Crippen molar-refractivity contribution in [3.63, 3.8) is 0 Å². The number of aromatic amines is 1. The number of benzene rings is 1. The smallest absolute Gasteiger partial charge is 0.252 e. The second-order valence-corrected chi connectivity index (χ2v) is 10.8. The Balaban J connectivity index is 1.53. The zero-order chi connectivity index (χ0) is 24.2. The normalized spacial score (nSPS) is 18.9. The zero-order valence-corrected chi connectivity index (χ0v) is 21.4. The van der Waals surface area contributed by atoms with Gasteiger partial charge in [0.05, 0.1) is 12.1 Å². The lowest BCUT2D eigenvalue weighted by molar-refractivity contribution is 0.0789. The van der Waals surface area contributed by atoms with Crippen LogP contribution in [0.5, 0.6) is 0 Å². The van der Waals surface area contributed by atoms with E-state index in [-0.39, 0.29) is 11.6 Å². The molecule has 1 unspecified atom stereocenters. The summed E-state index contributed by atoms with van der Waals surface area (Å²) in [5, 5.41) is 14.4. The third-order valence-electron chi connectivity index (χ3n) is 8.17. The van der Waals surface area contributed by atoms with Crippen molar-refractivity contribution in [3.05, 3.63) is 51.6 Å². The van der Waals surface area contributed by atoms with E-state index in [1.54, 1.807) is 0 Å². The lowest BCUT2D eigenvalue weighted by Crippen LogP contribution is -2.41. The Morgan fingerprint density at radius 3 is 2.54 bits per heavy atom. The van der Waals surface area contributed by atoms with Crippen molar-refractivity contribution in [3.8, 4) is 0 Å². The molecule has 188 valence electrons. The molecule has 0 amide bonds. The van der Waals surface area contributed by atoms with Gasteiger partial charge in [-0.05, 0) is 73.0 Å². The third-order valence-corrected chi connectivity index (χ3v) is 8.17. The van der Waals surface area contributed by atoms with Crippen molar-refractivity contribution in [1.82, 2.24) is 30.1 Å². The quantitative estimate of drug-likeness (QED) is 0.431. The van der Waals surface area contributed by atoms with Gasteiger partial charge in [0.2, 0.25) is 0 Å². The Bertz CT molecular complexity index is 1170. The SMILES string of the molecule is CCCC(c1nnnn1C1CCCCC1)N(Cc1cc2cc(C)ccc2[nH]c1=O)C1CCCCC1. The number of H-pyrrole nitrogens is 1. The molecule has 1 atom stereocenters. The highest BCUT2D eigenvalue weighted by Crippen LogP contribution is 2.36. The summed E-state index contributed by atoms with van der Waals surface area (Å²) in [6.07, 6.45) is 14.3. The first-order valence-electron chi connectivity index (χ1n) is 13.8. The highest BCUT2D eigenvalue weighted by Gasteiger charge is 2.34. The molecule has 2 fully saturated rings. The molecular formula is C28H40N6O. The van der Waals surface area contributed by atoms with Gasteiger partial charge < -0.3 is 4.98 Å². The van der Waals surface area contributed by atoms with Crippen LogP contribution in [0.1, 0.15) is 113 Å². The van der Waals surface area contributed by atoms with Crippen molar-refractivity contribution in [1.29, 1.82) is 0 Å². The molecule has 2 aliphatic carbocycles. The number of aryl methyl sites for hydroxylation is 1. The van der Waals surface area contributed by atoms with Gasteiger partial charge in [-0.3, -0.25) is 9.69 Å². The van der Waals surface area contributed by atoms with Crippen molar-refractivity contribution < 1.29 is 0 Å². The maximum atomic E-state index is 13.2. The Labute approximate surface area is 208 Å². The second kappa shape index (κ2) is 11.0. The number of nitrogens with zero attached hydrogens (tertiary/aromatic N) is 5. The summed E-state index contributed by atoms with van der Waals surface area (Å²) in [5.41, 5.74) is 2.96. The number of pyridine rings is 1.